The lowest BCUT2D eigenvalue weighted by Crippen LogP contribution is -2.31. The average Bonchev–Trinajstić information content (AvgIpc) is 2.38. The smallest absolute Gasteiger partial charge is 0.0981 e. The molecule has 0 aromatic heterocycles. The Kier molecular flexibility index (Phi) is 10.5. The second kappa shape index (κ2) is 10.6. The summed E-state index contributed by atoms with van der Waals surface area (Å²) in [6.45, 7) is 13.7. The summed E-state index contributed by atoms with van der Waals surface area (Å²) < 4.78 is 0. The molecule has 0 aliphatic heterocycles. The molecule has 0 unspecified atom stereocenters. The molecular formula is C16H34O4. The predicted molar refractivity (Wildman–Crippen MR) is 81.3 cm³/mol. The molecule has 0 aromatic rings. The molecule has 4 heteroatoms. The monoisotopic (exact) mass is 290 g/mol. The number of unbranched alkanes of at least 4 members (excludes halogenated alkanes) is 2. The molecule has 4 nitrogen and oxygen atoms in total. The van der Waals surface area contributed by atoms with Crippen molar-refractivity contribution < 1.29 is 19.6 Å². The van der Waals surface area contributed by atoms with Crippen LogP contribution < -0.4 is 0 Å². The van der Waals surface area contributed by atoms with E-state index in [0.717, 1.165) is 38.5 Å². The van der Waals surface area contributed by atoms with Gasteiger partial charge < -0.3 is 0 Å². The molecule has 0 N–H and O–H groups in total. The van der Waals surface area contributed by atoms with E-state index in [1.54, 1.807) is 0 Å². The fraction of sp³-hybridized carbons (Fsp3) is 1.00. The van der Waals surface area contributed by atoms with Gasteiger partial charge in [0.1, 0.15) is 0 Å². The molecule has 0 saturated heterocycles. The van der Waals surface area contributed by atoms with E-state index in [2.05, 4.69) is 13.8 Å². The van der Waals surface area contributed by atoms with Gasteiger partial charge in [-0.25, -0.2) is 19.6 Å². The van der Waals surface area contributed by atoms with Gasteiger partial charge >= 0.3 is 0 Å². The molecule has 0 bridgehead atoms. The van der Waals surface area contributed by atoms with Gasteiger partial charge in [-0.15, -0.1) is 0 Å². The minimum atomic E-state index is -0.308. The minimum absolute atomic E-state index is 0.308. The molecule has 0 aromatic carbocycles. The average molecular weight is 290 g/mol. The van der Waals surface area contributed by atoms with Crippen molar-refractivity contribution in [2.24, 2.45) is 0 Å². The summed E-state index contributed by atoms with van der Waals surface area (Å²) in [4.78, 5) is 21.4. The third-order valence-electron chi connectivity index (χ3n) is 3.06. The summed E-state index contributed by atoms with van der Waals surface area (Å²) >= 11 is 0. The van der Waals surface area contributed by atoms with Crippen molar-refractivity contribution in [3.63, 3.8) is 0 Å². The minimum Gasteiger partial charge on any atom is -0.236 e. The van der Waals surface area contributed by atoms with Crippen LogP contribution in [-0.4, -0.2) is 24.4 Å². The van der Waals surface area contributed by atoms with E-state index in [9.17, 15) is 0 Å². The molecule has 0 heterocycles. The summed E-state index contributed by atoms with van der Waals surface area (Å²) in [5, 5.41) is 0. The Morgan fingerprint density at radius 1 is 0.650 bits per heavy atom. The molecule has 122 valence electrons. The molecule has 0 rings (SSSR count). The van der Waals surface area contributed by atoms with Crippen molar-refractivity contribution in [2.75, 3.05) is 13.2 Å². The van der Waals surface area contributed by atoms with Gasteiger partial charge in [-0.1, -0.05) is 26.7 Å². The zero-order chi connectivity index (χ0) is 15.5. The van der Waals surface area contributed by atoms with Crippen molar-refractivity contribution in [1.29, 1.82) is 0 Å². The quantitative estimate of drug-likeness (QED) is 0.277. The van der Waals surface area contributed by atoms with Gasteiger partial charge in [-0.3, -0.25) is 0 Å². The Balaban J connectivity index is 3.84. The zero-order valence-corrected chi connectivity index (χ0v) is 14.3. The van der Waals surface area contributed by atoms with Gasteiger partial charge in [0.2, 0.25) is 0 Å². The fourth-order valence-electron chi connectivity index (χ4n) is 1.49. The zero-order valence-electron chi connectivity index (χ0n) is 14.3. The largest absolute Gasteiger partial charge is 0.236 e. The van der Waals surface area contributed by atoms with Crippen molar-refractivity contribution in [2.45, 2.75) is 91.3 Å². The molecule has 0 amide bonds. The summed E-state index contributed by atoms with van der Waals surface area (Å²) in [6.07, 6.45) is 5.97. The van der Waals surface area contributed by atoms with Crippen LogP contribution in [0.1, 0.15) is 80.1 Å². The SMILES string of the molecule is CCCCOOC(C)(C)CCC(C)(C)OOCCCC. The van der Waals surface area contributed by atoms with Crippen LogP contribution in [0.25, 0.3) is 0 Å². The van der Waals surface area contributed by atoms with Crippen LogP contribution in [0.15, 0.2) is 0 Å². The maximum Gasteiger partial charge on any atom is 0.0981 e. The van der Waals surface area contributed by atoms with Crippen LogP contribution in [0.2, 0.25) is 0 Å². The van der Waals surface area contributed by atoms with Crippen LogP contribution in [0.4, 0.5) is 0 Å². The molecule has 0 spiro atoms. The van der Waals surface area contributed by atoms with Gasteiger partial charge in [-0.05, 0) is 53.4 Å². The van der Waals surface area contributed by atoms with Gasteiger partial charge in [0.05, 0.1) is 24.4 Å². The molecular weight excluding hydrogens is 256 g/mol. The molecule has 0 fully saturated rings. The van der Waals surface area contributed by atoms with Crippen LogP contribution in [0.3, 0.4) is 0 Å². The summed E-state index contributed by atoms with van der Waals surface area (Å²) in [7, 11) is 0. The molecule has 0 saturated carbocycles. The van der Waals surface area contributed by atoms with Crippen molar-refractivity contribution >= 4 is 0 Å². The van der Waals surface area contributed by atoms with Gasteiger partial charge in [0.25, 0.3) is 0 Å². The molecule has 0 radical (unpaired) electrons. The van der Waals surface area contributed by atoms with E-state index < -0.39 is 0 Å². The van der Waals surface area contributed by atoms with Crippen molar-refractivity contribution in [3.8, 4) is 0 Å². The van der Waals surface area contributed by atoms with Crippen LogP contribution in [-0.2, 0) is 19.6 Å². The van der Waals surface area contributed by atoms with Crippen LogP contribution in [0, 0.1) is 0 Å². The Bertz CT molecular complexity index is 203. The highest BCUT2D eigenvalue weighted by atomic mass is 17.2. The number of rotatable bonds is 13. The first-order chi connectivity index (χ1) is 9.33. The van der Waals surface area contributed by atoms with E-state index >= 15 is 0 Å². The van der Waals surface area contributed by atoms with Crippen LogP contribution in [0.5, 0.6) is 0 Å². The lowest BCUT2D eigenvalue weighted by Gasteiger charge is -2.29. The van der Waals surface area contributed by atoms with E-state index in [-0.39, 0.29) is 11.2 Å². The normalized spacial score (nSPS) is 12.9. The maximum atomic E-state index is 5.47. The van der Waals surface area contributed by atoms with Gasteiger partial charge in [-0.2, -0.15) is 0 Å². The third-order valence-corrected chi connectivity index (χ3v) is 3.06. The Morgan fingerprint density at radius 2 is 1.00 bits per heavy atom. The van der Waals surface area contributed by atoms with Crippen molar-refractivity contribution in [3.05, 3.63) is 0 Å². The highest BCUT2D eigenvalue weighted by Crippen LogP contribution is 2.25. The summed E-state index contributed by atoms with van der Waals surface area (Å²) in [5.74, 6) is 0. The lowest BCUT2D eigenvalue weighted by molar-refractivity contribution is -0.369. The lowest BCUT2D eigenvalue weighted by atomic mass is 9.94. The van der Waals surface area contributed by atoms with E-state index in [1.165, 1.54) is 0 Å². The van der Waals surface area contributed by atoms with Gasteiger partial charge in [0, 0.05) is 0 Å². The van der Waals surface area contributed by atoms with Gasteiger partial charge in [0.15, 0.2) is 0 Å². The standard InChI is InChI=1S/C16H34O4/c1-7-9-13-17-19-15(3,4)11-12-16(5,6)20-18-14-10-8-2/h7-14H2,1-6H3. The number of hydrogen-bond acceptors (Lipinski definition) is 4. The van der Waals surface area contributed by atoms with E-state index in [4.69, 9.17) is 19.6 Å². The first kappa shape index (κ1) is 19.8. The molecule has 0 aliphatic carbocycles. The molecule has 20 heavy (non-hydrogen) atoms. The fourth-order valence-corrected chi connectivity index (χ4v) is 1.49. The third kappa shape index (κ3) is 11.6. The summed E-state index contributed by atoms with van der Waals surface area (Å²) in [6, 6.07) is 0. The topological polar surface area (TPSA) is 36.9 Å². The molecule has 0 aliphatic rings. The summed E-state index contributed by atoms with van der Waals surface area (Å²) in [5.41, 5.74) is -0.615. The van der Waals surface area contributed by atoms with E-state index in [1.807, 2.05) is 27.7 Å². The highest BCUT2D eigenvalue weighted by Gasteiger charge is 2.27. The second-order valence-corrected chi connectivity index (χ2v) is 6.54. The Hall–Kier alpha value is -0.160. The van der Waals surface area contributed by atoms with Crippen molar-refractivity contribution in [1.82, 2.24) is 0 Å². The second-order valence-electron chi connectivity index (χ2n) is 6.54. The first-order valence-corrected chi connectivity index (χ1v) is 7.94. The van der Waals surface area contributed by atoms with E-state index in [0.29, 0.717) is 13.2 Å². The highest BCUT2D eigenvalue weighted by molar-refractivity contribution is 4.74. The first-order valence-electron chi connectivity index (χ1n) is 7.94. The predicted octanol–water partition coefficient (Wildman–Crippen LogP) is 4.82. The van der Waals surface area contributed by atoms with Crippen LogP contribution >= 0.6 is 0 Å². The Morgan fingerprint density at radius 3 is 1.30 bits per heavy atom. The Labute approximate surface area is 125 Å². The molecule has 0 atom stereocenters. The number of hydrogen-bond donors (Lipinski definition) is 0. The maximum absolute atomic E-state index is 5.47.